The van der Waals surface area contributed by atoms with Gasteiger partial charge in [-0.2, -0.15) is 0 Å². The third kappa shape index (κ3) is 2.03. The molecule has 6 heteroatoms. The molecular weight excluding hydrogens is 264 g/mol. The zero-order chi connectivity index (χ0) is 14.4. The molecule has 20 heavy (non-hydrogen) atoms. The number of ether oxygens (including phenoxy) is 2. The molecule has 2 heterocycles. The first-order chi connectivity index (χ1) is 9.50. The van der Waals surface area contributed by atoms with Gasteiger partial charge >= 0.3 is 11.9 Å². The molecular formula is C14H18O6. The lowest BCUT2D eigenvalue weighted by molar-refractivity contribution is -0.178. The summed E-state index contributed by atoms with van der Waals surface area (Å²) >= 11 is 0. The molecule has 2 N–H and O–H groups in total. The normalized spacial score (nSPS) is 42.2. The fraction of sp³-hybridized carbons (Fsp3) is 0.714. The Morgan fingerprint density at radius 1 is 0.950 bits per heavy atom. The van der Waals surface area contributed by atoms with Crippen LogP contribution in [0.3, 0.4) is 0 Å². The third-order valence-corrected chi connectivity index (χ3v) is 4.79. The van der Waals surface area contributed by atoms with Gasteiger partial charge in [-0.3, -0.25) is 9.59 Å². The van der Waals surface area contributed by atoms with Crippen molar-refractivity contribution in [2.75, 3.05) is 13.2 Å². The molecule has 3 rings (SSSR count). The quantitative estimate of drug-likeness (QED) is 0.558. The van der Waals surface area contributed by atoms with Gasteiger partial charge in [0.2, 0.25) is 0 Å². The number of hydrogen-bond donors (Lipinski definition) is 2. The molecule has 4 atom stereocenters. The smallest absolute Gasteiger partial charge is 0.311 e. The first-order valence-electron chi connectivity index (χ1n) is 6.85. The van der Waals surface area contributed by atoms with Crippen molar-refractivity contribution < 1.29 is 29.3 Å². The maximum absolute atomic E-state index is 12.0. The highest BCUT2D eigenvalue weighted by atomic mass is 16.6. The molecule has 0 aromatic rings. The van der Waals surface area contributed by atoms with Crippen LogP contribution < -0.4 is 0 Å². The van der Waals surface area contributed by atoms with Crippen LogP contribution in [0.25, 0.3) is 0 Å². The van der Waals surface area contributed by atoms with E-state index in [4.69, 9.17) is 9.47 Å². The average Bonchev–Trinajstić information content (AvgIpc) is 3.26. The Morgan fingerprint density at radius 3 is 1.55 bits per heavy atom. The van der Waals surface area contributed by atoms with Crippen molar-refractivity contribution in [2.24, 2.45) is 10.8 Å². The molecule has 6 nitrogen and oxygen atoms in total. The number of allylic oxidation sites excluding steroid dienone is 2. The fourth-order valence-electron chi connectivity index (χ4n) is 3.42. The van der Waals surface area contributed by atoms with Gasteiger partial charge in [0.1, 0.15) is 0 Å². The van der Waals surface area contributed by atoms with Gasteiger partial charge in [-0.05, 0) is 25.7 Å². The number of epoxide rings is 2. The van der Waals surface area contributed by atoms with Gasteiger partial charge in [0.05, 0.1) is 36.3 Å². The number of carboxylic acid groups (broad SMARTS) is 2. The van der Waals surface area contributed by atoms with Gasteiger partial charge in [0.25, 0.3) is 0 Å². The lowest BCUT2D eigenvalue weighted by Gasteiger charge is -2.46. The number of carboxylic acids is 2. The van der Waals surface area contributed by atoms with Gasteiger partial charge in [0, 0.05) is 0 Å². The molecule has 0 radical (unpaired) electrons. The van der Waals surface area contributed by atoms with E-state index in [-0.39, 0.29) is 37.9 Å². The van der Waals surface area contributed by atoms with Crippen LogP contribution in [0.5, 0.6) is 0 Å². The van der Waals surface area contributed by atoms with Crippen LogP contribution in [-0.2, 0) is 19.1 Å². The monoisotopic (exact) mass is 282 g/mol. The summed E-state index contributed by atoms with van der Waals surface area (Å²) in [6.07, 6.45) is 4.30. The number of carbonyl (C=O) groups is 2. The van der Waals surface area contributed by atoms with Crippen molar-refractivity contribution in [3.05, 3.63) is 12.2 Å². The summed E-state index contributed by atoms with van der Waals surface area (Å²) in [5.41, 5.74) is -2.61. The molecule has 3 aliphatic rings. The van der Waals surface area contributed by atoms with E-state index in [1.165, 1.54) is 0 Å². The second kappa shape index (κ2) is 4.56. The highest BCUT2D eigenvalue weighted by Crippen LogP contribution is 2.56. The summed E-state index contributed by atoms with van der Waals surface area (Å²) in [5.74, 6) is -2.08. The van der Waals surface area contributed by atoms with Crippen LogP contribution in [0.4, 0.5) is 0 Å². The summed E-state index contributed by atoms with van der Waals surface area (Å²) in [6, 6.07) is 0. The number of rotatable bonds is 6. The molecule has 0 bridgehead atoms. The van der Waals surface area contributed by atoms with Crippen molar-refractivity contribution in [3.8, 4) is 0 Å². The first kappa shape index (κ1) is 13.6. The van der Waals surface area contributed by atoms with Crippen molar-refractivity contribution in [3.63, 3.8) is 0 Å². The molecule has 4 unspecified atom stereocenters. The van der Waals surface area contributed by atoms with Crippen molar-refractivity contribution in [1.29, 1.82) is 0 Å². The largest absolute Gasteiger partial charge is 0.481 e. The second-order valence-corrected chi connectivity index (χ2v) is 5.97. The highest BCUT2D eigenvalue weighted by molar-refractivity contribution is 5.87. The molecule has 110 valence electrons. The fourth-order valence-corrected chi connectivity index (χ4v) is 3.42. The Labute approximate surface area is 116 Å². The van der Waals surface area contributed by atoms with E-state index in [9.17, 15) is 19.8 Å². The van der Waals surface area contributed by atoms with Crippen molar-refractivity contribution in [1.82, 2.24) is 0 Å². The minimum Gasteiger partial charge on any atom is -0.481 e. The summed E-state index contributed by atoms with van der Waals surface area (Å²) in [4.78, 5) is 23.9. The zero-order valence-corrected chi connectivity index (χ0v) is 11.1. The highest BCUT2D eigenvalue weighted by Gasteiger charge is 2.64. The van der Waals surface area contributed by atoms with Crippen LogP contribution in [0, 0.1) is 10.8 Å². The maximum atomic E-state index is 12.0. The van der Waals surface area contributed by atoms with E-state index in [2.05, 4.69) is 0 Å². The Morgan fingerprint density at radius 2 is 1.30 bits per heavy atom. The third-order valence-electron chi connectivity index (χ3n) is 4.79. The Kier molecular flexibility index (Phi) is 3.10. The summed E-state index contributed by atoms with van der Waals surface area (Å²) < 4.78 is 10.3. The van der Waals surface area contributed by atoms with Gasteiger partial charge in [-0.25, -0.2) is 0 Å². The minimum atomic E-state index is -1.30. The molecule has 0 spiro atoms. The predicted molar refractivity (Wildman–Crippen MR) is 67.2 cm³/mol. The predicted octanol–water partition coefficient (Wildman–Crippen LogP) is 1.06. The summed E-state index contributed by atoms with van der Waals surface area (Å²) in [7, 11) is 0. The van der Waals surface area contributed by atoms with Crippen LogP contribution >= 0.6 is 0 Å². The minimum absolute atomic E-state index is 0.128. The average molecular weight is 282 g/mol. The van der Waals surface area contributed by atoms with Crippen molar-refractivity contribution >= 4 is 11.9 Å². The SMILES string of the molecule is O=C(O)C1(CC2CO2)CC=CCC1(CC1CO1)C(=O)O. The number of hydrogen-bond acceptors (Lipinski definition) is 4. The van der Waals surface area contributed by atoms with E-state index in [1.54, 1.807) is 12.2 Å². The van der Waals surface area contributed by atoms with E-state index >= 15 is 0 Å². The summed E-state index contributed by atoms with van der Waals surface area (Å²) in [6.45, 7) is 1.04. The Hall–Kier alpha value is -1.40. The van der Waals surface area contributed by atoms with Gasteiger partial charge in [-0.1, -0.05) is 12.2 Å². The molecule has 0 saturated carbocycles. The maximum Gasteiger partial charge on any atom is 0.311 e. The summed E-state index contributed by atoms with van der Waals surface area (Å²) in [5, 5.41) is 19.6. The Bertz CT molecular complexity index is 422. The van der Waals surface area contributed by atoms with Crippen LogP contribution in [0.2, 0.25) is 0 Å². The molecule has 0 aromatic heterocycles. The van der Waals surface area contributed by atoms with Crippen molar-refractivity contribution in [2.45, 2.75) is 37.9 Å². The molecule has 2 fully saturated rings. The molecule has 0 aromatic carbocycles. The topological polar surface area (TPSA) is 99.7 Å². The molecule has 1 aliphatic carbocycles. The zero-order valence-electron chi connectivity index (χ0n) is 11.1. The van der Waals surface area contributed by atoms with E-state index in [1.807, 2.05) is 0 Å². The standard InChI is InChI=1S/C14H18O6/c15-11(16)13(5-9-7-19-9)3-1-2-4-14(13,12(17)18)6-10-8-20-10/h1-2,9-10H,3-8H2,(H,15,16)(H,17,18). The first-order valence-corrected chi connectivity index (χ1v) is 6.85. The lowest BCUT2D eigenvalue weighted by Crippen LogP contribution is -2.55. The van der Waals surface area contributed by atoms with Crippen LogP contribution in [0.1, 0.15) is 25.7 Å². The Balaban J connectivity index is 2.02. The van der Waals surface area contributed by atoms with Gasteiger partial charge in [-0.15, -0.1) is 0 Å². The van der Waals surface area contributed by atoms with E-state index in [0.717, 1.165) is 0 Å². The van der Waals surface area contributed by atoms with Crippen LogP contribution in [0.15, 0.2) is 12.2 Å². The van der Waals surface area contributed by atoms with Gasteiger partial charge in [0.15, 0.2) is 0 Å². The van der Waals surface area contributed by atoms with E-state index in [0.29, 0.717) is 13.2 Å². The lowest BCUT2D eigenvalue weighted by atomic mass is 9.54. The van der Waals surface area contributed by atoms with E-state index < -0.39 is 22.8 Å². The van der Waals surface area contributed by atoms with Crippen LogP contribution in [-0.4, -0.2) is 47.6 Å². The van der Waals surface area contributed by atoms with Gasteiger partial charge < -0.3 is 19.7 Å². The molecule has 2 saturated heterocycles. The molecule has 0 amide bonds. The molecule has 2 aliphatic heterocycles. The second-order valence-electron chi connectivity index (χ2n) is 5.97. The number of aliphatic carboxylic acids is 2.